The van der Waals surface area contributed by atoms with Crippen molar-refractivity contribution in [2.24, 2.45) is 0 Å². The summed E-state index contributed by atoms with van der Waals surface area (Å²) in [6, 6.07) is 14.4. The van der Waals surface area contributed by atoms with E-state index in [0.717, 1.165) is 6.54 Å². The molecule has 0 aliphatic rings. The lowest BCUT2D eigenvalue weighted by molar-refractivity contribution is -0.384. The molecule has 0 bridgehead atoms. The lowest BCUT2D eigenvalue weighted by Gasteiger charge is -2.14. The SMILES string of the molecule is CN(C)CCOc1ccc2cc(C#N)c(=O)n(-c3ccc([N+](=O)[O-])cc3)c2c1. The number of benzene rings is 2. The first kappa shape index (κ1) is 19.1. The van der Waals surface area contributed by atoms with E-state index in [1.165, 1.54) is 34.9 Å². The van der Waals surface area contributed by atoms with Crippen molar-refractivity contribution in [2.45, 2.75) is 0 Å². The Kier molecular flexibility index (Phi) is 5.38. The van der Waals surface area contributed by atoms with Gasteiger partial charge in [0.1, 0.15) is 24.0 Å². The maximum atomic E-state index is 12.8. The van der Waals surface area contributed by atoms with Crippen molar-refractivity contribution < 1.29 is 9.66 Å². The van der Waals surface area contributed by atoms with E-state index in [1.807, 2.05) is 25.1 Å². The highest BCUT2D eigenvalue weighted by Crippen LogP contribution is 2.24. The van der Waals surface area contributed by atoms with Crippen LogP contribution < -0.4 is 10.3 Å². The fraction of sp³-hybridized carbons (Fsp3) is 0.200. The molecular weight excluding hydrogens is 360 g/mol. The third kappa shape index (κ3) is 3.84. The van der Waals surface area contributed by atoms with E-state index in [2.05, 4.69) is 0 Å². The average Bonchev–Trinajstić information content (AvgIpc) is 2.67. The van der Waals surface area contributed by atoms with Crippen molar-refractivity contribution in [3.05, 3.63) is 74.6 Å². The number of ether oxygens (including phenoxy) is 1. The van der Waals surface area contributed by atoms with Gasteiger partial charge in [0.25, 0.3) is 11.2 Å². The van der Waals surface area contributed by atoms with Gasteiger partial charge in [0, 0.05) is 35.8 Å². The van der Waals surface area contributed by atoms with Crippen LogP contribution in [0.1, 0.15) is 5.56 Å². The van der Waals surface area contributed by atoms with E-state index < -0.39 is 10.5 Å². The van der Waals surface area contributed by atoms with Crippen LogP contribution in [0.2, 0.25) is 0 Å². The molecule has 8 nitrogen and oxygen atoms in total. The van der Waals surface area contributed by atoms with Crippen molar-refractivity contribution in [1.82, 2.24) is 9.47 Å². The second-order valence-electron chi connectivity index (χ2n) is 6.46. The van der Waals surface area contributed by atoms with Crippen LogP contribution in [0.5, 0.6) is 5.75 Å². The minimum Gasteiger partial charge on any atom is -0.492 e. The van der Waals surface area contributed by atoms with Crippen LogP contribution in [0.25, 0.3) is 16.6 Å². The highest BCUT2D eigenvalue weighted by atomic mass is 16.6. The molecule has 3 aromatic rings. The van der Waals surface area contributed by atoms with Crippen LogP contribution in [-0.4, -0.2) is 41.6 Å². The number of nitro groups is 1. The second kappa shape index (κ2) is 7.90. The van der Waals surface area contributed by atoms with Crippen molar-refractivity contribution in [3.63, 3.8) is 0 Å². The van der Waals surface area contributed by atoms with Gasteiger partial charge in [-0.1, -0.05) is 0 Å². The summed E-state index contributed by atoms with van der Waals surface area (Å²) in [6.07, 6.45) is 0. The molecule has 2 aromatic carbocycles. The minimum atomic E-state index is -0.507. The van der Waals surface area contributed by atoms with E-state index in [-0.39, 0.29) is 11.3 Å². The molecule has 0 spiro atoms. The standard InChI is InChI=1S/C20H18N4O4/c1-22(2)9-10-28-18-8-3-14-11-15(13-21)20(25)23(19(14)12-18)16-4-6-17(7-5-16)24(26)27/h3-8,11-12H,9-10H2,1-2H3. The molecule has 0 N–H and O–H groups in total. The second-order valence-corrected chi connectivity index (χ2v) is 6.46. The molecule has 0 fully saturated rings. The Morgan fingerprint density at radius 3 is 2.50 bits per heavy atom. The van der Waals surface area contributed by atoms with E-state index in [4.69, 9.17) is 4.74 Å². The summed E-state index contributed by atoms with van der Waals surface area (Å²) in [7, 11) is 3.89. The van der Waals surface area contributed by atoms with Gasteiger partial charge in [0.15, 0.2) is 0 Å². The summed E-state index contributed by atoms with van der Waals surface area (Å²) in [6.45, 7) is 1.22. The number of hydrogen-bond donors (Lipinski definition) is 0. The van der Waals surface area contributed by atoms with Crippen LogP contribution in [0.15, 0.2) is 53.3 Å². The highest BCUT2D eigenvalue weighted by molar-refractivity contribution is 5.83. The fourth-order valence-corrected chi connectivity index (χ4v) is 2.78. The molecule has 0 unspecified atom stereocenters. The number of rotatable bonds is 6. The first-order valence-electron chi connectivity index (χ1n) is 8.53. The van der Waals surface area contributed by atoms with Crippen LogP contribution in [0, 0.1) is 21.4 Å². The molecule has 0 atom stereocenters. The van der Waals surface area contributed by atoms with Crippen molar-refractivity contribution in [2.75, 3.05) is 27.2 Å². The third-order valence-corrected chi connectivity index (χ3v) is 4.22. The predicted molar refractivity (Wildman–Crippen MR) is 105 cm³/mol. The van der Waals surface area contributed by atoms with Gasteiger partial charge in [-0.15, -0.1) is 0 Å². The predicted octanol–water partition coefficient (Wildman–Crippen LogP) is 2.71. The Labute approximate surface area is 161 Å². The number of hydrogen-bond acceptors (Lipinski definition) is 6. The number of nitriles is 1. The van der Waals surface area contributed by atoms with Crippen LogP contribution in [0.4, 0.5) is 5.69 Å². The molecule has 0 saturated heterocycles. The maximum absolute atomic E-state index is 12.8. The van der Waals surface area contributed by atoms with E-state index in [0.29, 0.717) is 28.9 Å². The Bertz CT molecular complexity index is 1130. The van der Waals surface area contributed by atoms with Crippen molar-refractivity contribution in [3.8, 4) is 17.5 Å². The molecule has 142 valence electrons. The normalized spacial score (nSPS) is 10.8. The molecule has 0 radical (unpaired) electrons. The number of non-ortho nitro benzene ring substituents is 1. The molecule has 3 rings (SSSR count). The smallest absolute Gasteiger partial charge is 0.273 e. The van der Waals surface area contributed by atoms with E-state index in [9.17, 15) is 20.2 Å². The Hall–Kier alpha value is -3.70. The lowest BCUT2D eigenvalue weighted by Crippen LogP contribution is -2.21. The largest absolute Gasteiger partial charge is 0.492 e. The van der Waals surface area contributed by atoms with E-state index >= 15 is 0 Å². The number of fused-ring (bicyclic) bond motifs is 1. The number of nitro benzene ring substituents is 1. The Balaban J connectivity index is 2.14. The molecule has 1 aromatic heterocycles. The van der Waals surface area contributed by atoms with Crippen LogP contribution in [0.3, 0.4) is 0 Å². The Morgan fingerprint density at radius 1 is 1.18 bits per heavy atom. The zero-order valence-corrected chi connectivity index (χ0v) is 15.5. The van der Waals surface area contributed by atoms with Gasteiger partial charge < -0.3 is 9.64 Å². The lowest BCUT2D eigenvalue weighted by atomic mass is 10.1. The molecule has 0 aliphatic carbocycles. The Morgan fingerprint density at radius 2 is 1.89 bits per heavy atom. The first-order valence-corrected chi connectivity index (χ1v) is 8.53. The van der Waals surface area contributed by atoms with Crippen LogP contribution >= 0.6 is 0 Å². The zero-order chi connectivity index (χ0) is 20.3. The monoisotopic (exact) mass is 378 g/mol. The highest BCUT2D eigenvalue weighted by Gasteiger charge is 2.13. The molecule has 1 heterocycles. The van der Waals surface area contributed by atoms with Gasteiger partial charge >= 0.3 is 0 Å². The van der Waals surface area contributed by atoms with Crippen molar-refractivity contribution in [1.29, 1.82) is 5.26 Å². The molecular formula is C20H18N4O4. The number of likely N-dealkylation sites (N-methyl/N-ethyl adjacent to an activating group) is 1. The molecule has 0 aliphatic heterocycles. The number of pyridine rings is 1. The topological polar surface area (TPSA) is 101 Å². The summed E-state index contributed by atoms with van der Waals surface area (Å²) in [4.78, 5) is 25.2. The quantitative estimate of drug-likeness (QED) is 0.483. The molecule has 0 saturated carbocycles. The molecule has 28 heavy (non-hydrogen) atoms. The van der Waals surface area contributed by atoms with Gasteiger partial charge in [0.05, 0.1) is 10.4 Å². The zero-order valence-electron chi connectivity index (χ0n) is 15.5. The van der Waals surface area contributed by atoms with Gasteiger partial charge in [-0.25, -0.2) is 0 Å². The third-order valence-electron chi connectivity index (χ3n) is 4.22. The summed E-state index contributed by atoms with van der Waals surface area (Å²) in [5.74, 6) is 0.592. The molecule has 0 amide bonds. The fourth-order valence-electron chi connectivity index (χ4n) is 2.78. The van der Waals surface area contributed by atoms with Gasteiger partial charge in [-0.05, 0) is 44.4 Å². The first-order chi connectivity index (χ1) is 13.4. The van der Waals surface area contributed by atoms with Gasteiger partial charge in [-0.2, -0.15) is 5.26 Å². The van der Waals surface area contributed by atoms with Gasteiger partial charge in [0.2, 0.25) is 0 Å². The number of nitrogens with zero attached hydrogens (tertiary/aromatic N) is 4. The summed E-state index contributed by atoms with van der Waals surface area (Å²) < 4.78 is 7.12. The average molecular weight is 378 g/mol. The van der Waals surface area contributed by atoms with Crippen LogP contribution in [-0.2, 0) is 0 Å². The van der Waals surface area contributed by atoms with Crippen molar-refractivity contribution >= 4 is 16.6 Å². The van der Waals surface area contributed by atoms with E-state index in [1.54, 1.807) is 18.2 Å². The summed E-state index contributed by atoms with van der Waals surface area (Å²) in [5.41, 5.74) is 0.412. The number of aromatic nitrogens is 1. The molecule has 8 heteroatoms. The minimum absolute atomic E-state index is 0.00729. The summed E-state index contributed by atoms with van der Waals surface area (Å²) in [5, 5.41) is 20.9. The summed E-state index contributed by atoms with van der Waals surface area (Å²) >= 11 is 0. The van der Waals surface area contributed by atoms with Gasteiger partial charge in [-0.3, -0.25) is 19.5 Å². The maximum Gasteiger partial charge on any atom is 0.273 e.